The smallest absolute Gasteiger partial charge is 0.422 e. The predicted molar refractivity (Wildman–Crippen MR) is 81.0 cm³/mol. The van der Waals surface area contributed by atoms with Crippen molar-refractivity contribution >= 4 is 17.6 Å². The molecule has 0 fully saturated rings. The minimum atomic E-state index is -4.52. The lowest BCUT2D eigenvalue weighted by Crippen LogP contribution is -2.20. The Morgan fingerprint density at radius 2 is 1.96 bits per heavy atom. The standard InChI is InChI=1S/C16H14F3NO5/c1-2-11-9(15(22)23)7-13(25-11)14(21)20-10-5-3-4-6-12(10)24-8-16(17,18)19/h3-7H,2,8H2,1H3,(H,20,21)(H,22,23). The van der Waals surface area contributed by atoms with Gasteiger partial charge in [0.05, 0.1) is 5.69 Å². The molecule has 2 N–H and O–H groups in total. The van der Waals surface area contributed by atoms with Gasteiger partial charge in [-0.1, -0.05) is 19.1 Å². The number of alkyl halides is 3. The molecule has 1 heterocycles. The SMILES string of the molecule is CCc1oc(C(=O)Nc2ccccc2OCC(F)(F)F)cc1C(=O)O. The van der Waals surface area contributed by atoms with Crippen molar-refractivity contribution in [1.29, 1.82) is 0 Å². The van der Waals surface area contributed by atoms with Crippen molar-refractivity contribution in [3.8, 4) is 5.75 Å². The molecule has 6 nitrogen and oxygen atoms in total. The maximum absolute atomic E-state index is 12.3. The summed E-state index contributed by atoms with van der Waals surface area (Å²) in [7, 11) is 0. The van der Waals surface area contributed by atoms with Crippen LogP contribution in [-0.2, 0) is 6.42 Å². The number of carbonyl (C=O) groups is 2. The first kappa shape index (κ1) is 18.4. The molecule has 2 aromatic rings. The van der Waals surface area contributed by atoms with Crippen LogP contribution >= 0.6 is 0 Å². The fourth-order valence-corrected chi connectivity index (χ4v) is 2.02. The minimum absolute atomic E-state index is 0.00285. The Labute approximate surface area is 140 Å². The number of carboxylic acids is 1. The van der Waals surface area contributed by atoms with Crippen molar-refractivity contribution in [3.05, 3.63) is 47.4 Å². The molecule has 1 aromatic heterocycles. The van der Waals surface area contributed by atoms with E-state index in [0.29, 0.717) is 0 Å². The molecule has 0 aliphatic rings. The summed E-state index contributed by atoms with van der Waals surface area (Å²) < 4.78 is 46.7. The zero-order chi connectivity index (χ0) is 18.6. The van der Waals surface area contributed by atoms with E-state index in [4.69, 9.17) is 9.52 Å². The van der Waals surface area contributed by atoms with Gasteiger partial charge < -0.3 is 19.6 Å². The van der Waals surface area contributed by atoms with Gasteiger partial charge in [0.1, 0.15) is 17.1 Å². The second-order valence-corrected chi connectivity index (χ2v) is 4.96. The number of furan rings is 1. The highest BCUT2D eigenvalue weighted by molar-refractivity contribution is 6.04. The van der Waals surface area contributed by atoms with Crippen LogP contribution in [0.4, 0.5) is 18.9 Å². The van der Waals surface area contributed by atoms with Crippen LogP contribution < -0.4 is 10.1 Å². The van der Waals surface area contributed by atoms with Crippen molar-refractivity contribution in [2.24, 2.45) is 0 Å². The number of carbonyl (C=O) groups excluding carboxylic acids is 1. The molecule has 0 spiro atoms. The van der Waals surface area contributed by atoms with Crippen LogP contribution in [0.15, 0.2) is 34.7 Å². The van der Waals surface area contributed by atoms with E-state index in [-0.39, 0.29) is 34.9 Å². The van der Waals surface area contributed by atoms with Crippen LogP contribution in [0.1, 0.15) is 33.6 Å². The van der Waals surface area contributed by atoms with E-state index in [1.54, 1.807) is 6.92 Å². The van der Waals surface area contributed by atoms with Gasteiger partial charge >= 0.3 is 12.1 Å². The number of nitrogens with one attached hydrogen (secondary N) is 1. The molecule has 0 saturated carbocycles. The topological polar surface area (TPSA) is 88.8 Å². The molecular formula is C16H14F3NO5. The van der Waals surface area contributed by atoms with Crippen LogP contribution in [0.2, 0.25) is 0 Å². The van der Waals surface area contributed by atoms with Crippen molar-refractivity contribution in [2.75, 3.05) is 11.9 Å². The number of aromatic carboxylic acids is 1. The number of ether oxygens (including phenoxy) is 1. The highest BCUT2D eigenvalue weighted by Crippen LogP contribution is 2.27. The Bertz CT molecular complexity index is 782. The van der Waals surface area contributed by atoms with Crippen LogP contribution in [0.25, 0.3) is 0 Å². The lowest BCUT2D eigenvalue weighted by atomic mass is 10.2. The summed E-state index contributed by atoms with van der Waals surface area (Å²) in [4.78, 5) is 23.3. The van der Waals surface area contributed by atoms with Crippen molar-refractivity contribution in [3.63, 3.8) is 0 Å². The first-order chi connectivity index (χ1) is 11.7. The van der Waals surface area contributed by atoms with E-state index in [2.05, 4.69) is 10.1 Å². The van der Waals surface area contributed by atoms with Crippen molar-refractivity contribution in [2.45, 2.75) is 19.5 Å². The molecule has 0 unspecified atom stereocenters. The molecule has 0 atom stereocenters. The quantitative estimate of drug-likeness (QED) is 0.822. The summed E-state index contributed by atoms with van der Waals surface area (Å²) >= 11 is 0. The lowest BCUT2D eigenvalue weighted by molar-refractivity contribution is -0.153. The largest absolute Gasteiger partial charge is 0.482 e. The zero-order valence-electron chi connectivity index (χ0n) is 13.0. The molecule has 0 aliphatic carbocycles. The Balaban J connectivity index is 2.20. The van der Waals surface area contributed by atoms with Gasteiger partial charge in [0.15, 0.2) is 12.4 Å². The number of anilines is 1. The highest BCUT2D eigenvalue weighted by Gasteiger charge is 2.29. The van der Waals surface area contributed by atoms with Crippen LogP contribution in [0.5, 0.6) is 5.75 Å². The third kappa shape index (κ3) is 4.75. The fourth-order valence-electron chi connectivity index (χ4n) is 2.02. The Hall–Kier alpha value is -2.97. The zero-order valence-corrected chi connectivity index (χ0v) is 13.0. The molecule has 0 radical (unpaired) electrons. The van der Waals surface area contributed by atoms with Crippen LogP contribution in [-0.4, -0.2) is 29.8 Å². The van der Waals surface area contributed by atoms with Crippen molar-refractivity contribution in [1.82, 2.24) is 0 Å². The summed E-state index contributed by atoms with van der Waals surface area (Å²) in [5, 5.41) is 11.4. The number of para-hydroxylation sites is 2. The number of amides is 1. The number of halogens is 3. The van der Waals surface area contributed by atoms with E-state index in [1.165, 1.54) is 24.3 Å². The summed E-state index contributed by atoms with van der Waals surface area (Å²) in [6.07, 6.45) is -4.26. The molecule has 9 heteroatoms. The first-order valence-electron chi connectivity index (χ1n) is 7.17. The minimum Gasteiger partial charge on any atom is -0.482 e. The van der Waals surface area contributed by atoms with Gasteiger partial charge in [0, 0.05) is 12.5 Å². The monoisotopic (exact) mass is 357 g/mol. The van der Waals surface area contributed by atoms with Crippen LogP contribution in [0, 0.1) is 0 Å². The Morgan fingerprint density at radius 1 is 1.28 bits per heavy atom. The van der Waals surface area contributed by atoms with Crippen molar-refractivity contribution < 1.29 is 37.0 Å². The lowest BCUT2D eigenvalue weighted by Gasteiger charge is -2.13. The number of hydrogen-bond acceptors (Lipinski definition) is 4. The number of benzene rings is 1. The van der Waals surface area contributed by atoms with Gasteiger partial charge in [-0.05, 0) is 12.1 Å². The maximum atomic E-state index is 12.3. The molecule has 0 saturated heterocycles. The molecule has 25 heavy (non-hydrogen) atoms. The van der Waals surface area contributed by atoms with Gasteiger partial charge in [-0.3, -0.25) is 4.79 Å². The third-order valence-corrected chi connectivity index (χ3v) is 3.11. The van der Waals surface area contributed by atoms with Gasteiger partial charge in [-0.2, -0.15) is 13.2 Å². The van der Waals surface area contributed by atoms with Crippen LogP contribution in [0.3, 0.4) is 0 Å². The van der Waals surface area contributed by atoms with Gasteiger partial charge in [0.2, 0.25) is 0 Å². The number of carboxylic acid groups (broad SMARTS) is 1. The molecular weight excluding hydrogens is 343 g/mol. The van der Waals surface area contributed by atoms with E-state index in [9.17, 15) is 22.8 Å². The summed E-state index contributed by atoms with van der Waals surface area (Å²) in [5.74, 6) is -2.35. The van der Waals surface area contributed by atoms with Gasteiger partial charge in [0.25, 0.3) is 5.91 Å². The predicted octanol–water partition coefficient (Wildman–Crippen LogP) is 3.73. The number of hydrogen-bond donors (Lipinski definition) is 2. The number of rotatable bonds is 6. The Morgan fingerprint density at radius 3 is 2.52 bits per heavy atom. The normalized spacial score (nSPS) is 11.2. The maximum Gasteiger partial charge on any atom is 0.422 e. The first-order valence-corrected chi connectivity index (χ1v) is 7.17. The Kier molecular flexibility index (Phi) is 5.35. The average molecular weight is 357 g/mol. The molecule has 1 amide bonds. The second kappa shape index (κ2) is 7.29. The summed E-state index contributed by atoms with van der Waals surface area (Å²) in [5.41, 5.74) is -0.141. The average Bonchev–Trinajstić information content (AvgIpc) is 2.98. The summed E-state index contributed by atoms with van der Waals surface area (Å²) in [6.45, 7) is 0.150. The molecule has 134 valence electrons. The molecule has 0 aliphatic heterocycles. The summed E-state index contributed by atoms with van der Waals surface area (Å²) in [6, 6.07) is 6.63. The molecule has 2 rings (SSSR count). The van der Waals surface area contributed by atoms with E-state index in [1.807, 2.05) is 0 Å². The number of aryl methyl sites for hydroxylation is 1. The van der Waals surface area contributed by atoms with Gasteiger partial charge in [-0.25, -0.2) is 4.79 Å². The van der Waals surface area contributed by atoms with Gasteiger partial charge in [-0.15, -0.1) is 0 Å². The molecule has 1 aromatic carbocycles. The third-order valence-electron chi connectivity index (χ3n) is 3.11. The van der Waals surface area contributed by atoms with E-state index >= 15 is 0 Å². The second-order valence-electron chi connectivity index (χ2n) is 4.96. The van der Waals surface area contributed by atoms with E-state index < -0.39 is 24.7 Å². The highest BCUT2D eigenvalue weighted by atomic mass is 19.4. The van der Waals surface area contributed by atoms with E-state index in [0.717, 1.165) is 6.07 Å². The fraction of sp³-hybridized carbons (Fsp3) is 0.250. The molecule has 0 bridgehead atoms.